The molecule has 1 aromatic carbocycles. The van der Waals surface area contributed by atoms with Crippen LogP contribution in [0.3, 0.4) is 0 Å². The van der Waals surface area contributed by atoms with E-state index < -0.39 is 5.97 Å². The summed E-state index contributed by atoms with van der Waals surface area (Å²) >= 11 is 0. The predicted molar refractivity (Wildman–Crippen MR) is 39.2 cm³/mol. The Morgan fingerprint density at radius 3 is 2.00 bits per heavy atom. The van der Waals surface area contributed by atoms with Gasteiger partial charge in [-0.1, -0.05) is 18.2 Å². The summed E-state index contributed by atoms with van der Waals surface area (Å²) in [7, 11) is 0. The van der Waals surface area contributed by atoms with Gasteiger partial charge in [-0.05, 0) is 12.1 Å². The fourth-order valence-electron chi connectivity index (χ4n) is 0.581. The van der Waals surface area contributed by atoms with Gasteiger partial charge < -0.3 is 5.11 Å². The molecule has 0 aromatic heterocycles. The molecule has 0 fully saturated rings. The van der Waals surface area contributed by atoms with Crippen molar-refractivity contribution in [1.82, 2.24) is 0 Å². The van der Waals surface area contributed by atoms with Gasteiger partial charge in [0, 0.05) is 27.3 Å². The molecule has 10 heavy (non-hydrogen) atoms. The molecule has 0 heterocycles. The van der Waals surface area contributed by atoms with Crippen LogP contribution in [-0.4, -0.2) is 38.4 Å². The topological polar surface area (TPSA) is 37.3 Å². The van der Waals surface area contributed by atoms with E-state index in [1.165, 1.54) is 0 Å². The van der Waals surface area contributed by atoms with Crippen molar-refractivity contribution in [2.45, 2.75) is 0 Å². The molecule has 3 heteroatoms. The molecule has 1 N–H and O–H groups in total. The van der Waals surface area contributed by atoms with Crippen LogP contribution < -0.4 is 0 Å². The monoisotopic (exact) mass is 327 g/mol. The van der Waals surface area contributed by atoms with Crippen molar-refractivity contribution in [2.24, 2.45) is 0 Å². The molecule has 0 aliphatic carbocycles. The average Bonchev–Trinajstić information content (AvgIpc) is 1.90. The number of carboxylic acid groups (broad SMARTS) is 1. The van der Waals surface area contributed by atoms with Crippen LogP contribution in [0.5, 0.6) is 0 Å². The first-order valence-corrected chi connectivity index (χ1v) is 2.59. The number of benzene rings is 1. The Hall–Kier alpha value is -0.388. The van der Waals surface area contributed by atoms with Crippen molar-refractivity contribution >= 4 is 33.3 Å². The Labute approximate surface area is 79.0 Å². The van der Waals surface area contributed by atoms with Gasteiger partial charge >= 0.3 is 5.97 Å². The first kappa shape index (κ1) is 9.61. The van der Waals surface area contributed by atoms with E-state index in [-0.39, 0.29) is 27.3 Å². The zero-order chi connectivity index (χ0) is 6.69. The Bertz CT molecular complexity index is 208. The van der Waals surface area contributed by atoms with E-state index in [9.17, 15) is 4.79 Å². The Balaban J connectivity index is 0.000000810. The van der Waals surface area contributed by atoms with Crippen molar-refractivity contribution in [3.8, 4) is 0 Å². The third-order valence-corrected chi connectivity index (χ3v) is 1.02. The Morgan fingerprint density at radius 1 is 1.20 bits per heavy atom. The van der Waals surface area contributed by atoms with Gasteiger partial charge in [-0.3, -0.25) is 0 Å². The summed E-state index contributed by atoms with van der Waals surface area (Å²) in [4.78, 5) is 10.2. The molecular formula is C7H6O2Tl. The zero-order valence-electron chi connectivity index (χ0n) is 5.32. The van der Waals surface area contributed by atoms with E-state index in [1.807, 2.05) is 0 Å². The molecule has 0 saturated carbocycles. The molecule has 1 rings (SSSR count). The van der Waals surface area contributed by atoms with Gasteiger partial charge in [-0.2, -0.15) is 0 Å². The van der Waals surface area contributed by atoms with Gasteiger partial charge in [0.05, 0.1) is 5.56 Å². The number of aromatic carboxylic acids is 1. The van der Waals surface area contributed by atoms with E-state index in [0.717, 1.165) is 0 Å². The van der Waals surface area contributed by atoms with Gasteiger partial charge in [0.15, 0.2) is 0 Å². The van der Waals surface area contributed by atoms with Crippen LogP contribution in [0.15, 0.2) is 30.3 Å². The quantitative estimate of drug-likeness (QED) is 0.782. The SMILES string of the molecule is O=C(O)c1ccccc1.[Tl]. The largest absolute Gasteiger partial charge is 0.478 e. The second kappa shape index (κ2) is 4.43. The molecule has 0 saturated heterocycles. The van der Waals surface area contributed by atoms with Crippen molar-refractivity contribution < 1.29 is 9.90 Å². The number of hydrogen-bond acceptors (Lipinski definition) is 1. The van der Waals surface area contributed by atoms with E-state index in [1.54, 1.807) is 30.3 Å². The van der Waals surface area contributed by atoms with Crippen LogP contribution in [-0.2, 0) is 0 Å². The van der Waals surface area contributed by atoms with Gasteiger partial charge in [0.2, 0.25) is 0 Å². The van der Waals surface area contributed by atoms with Gasteiger partial charge in [0.1, 0.15) is 0 Å². The molecule has 0 atom stereocenters. The molecule has 0 amide bonds. The van der Waals surface area contributed by atoms with Crippen LogP contribution >= 0.6 is 0 Å². The van der Waals surface area contributed by atoms with Gasteiger partial charge in [-0.15, -0.1) is 0 Å². The summed E-state index contributed by atoms with van der Waals surface area (Å²) in [5.41, 5.74) is 0.331. The summed E-state index contributed by atoms with van der Waals surface area (Å²) in [6.45, 7) is 0. The van der Waals surface area contributed by atoms with Crippen LogP contribution in [0.1, 0.15) is 10.4 Å². The van der Waals surface area contributed by atoms with E-state index in [0.29, 0.717) is 5.56 Å². The summed E-state index contributed by atoms with van der Waals surface area (Å²) < 4.78 is 0. The maximum absolute atomic E-state index is 10.2. The molecule has 0 unspecified atom stereocenters. The fraction of sp³-hybridized carbons (Fsp3) is 0. The Morgan fingerprint density at radius 2 is 1.70 bits per heavy atom. The predicted octanol–water partition coefficient (Wildman–Crippen LogP) is 1.00. The normalized spacial score (nSPS) is 8.00. The van der Waals surface area contributed by atoms with E-state index in [2.05, 4.69) is 0 Å². The number of carboxylic acids is 1. The van der Waals surface area contributed by atoms with E-state index in [4.69, 9.17) is 5.11 Å². The molecule has 1 aromatic rings. The number of carbonyl (C=O) groups is 1. The van der Waals surface area contributed by atoms with Gasteiger partial charge in [0.25, 0.3) is 0 Å². The first-order valence-electron chi connectivity index (χ1n) is 2.59. The molecule has 0 aliphatic heterocycles. The fourth-order valence-corrected chi connectivity index (χ4v) is 0.581. The molecular weight excluding hydrogens is 320 g/mol. The van der Waals surface area contributed by atoms with E-state index >= 15 is 0 Å². The number of hydrogen-bond donors (Lipinski definition) is 1. The second-order valence-corrected chi connectivity index (χ2v) is 1.67. The van der Waals surface area contributed by atoms with Crippen molar-refractivity contribution in [2.75, 3.05) is 0 Å². The molecule has 2 nitrogen and oxygen atoms in total. The zero-order valence-corrected chi connectivity index (χ0v) is 9.81. The van der Waals surface area contributed by atoms with Crippen LogP contribution in [0.2, 0.25) is 0 Å². The van der Waals surface area contributed by atoms with Crippen molar-refractivity contribution in [3.63, 3.8) is 0 Å². The Kier molecular flexibility index (Phi) is 4.26. The van der Waals surface area contributed by atoms with Crippen molar-refractivity contribution in [3.05, 3.63) is 35.9 Å². The summed E-state index contributed by atoms with van der Waals surface area (Å²) in [6, 6.07) is 8.30. The average molecular weight is 327 g/mol. The maximum atomic E-state index is 10.2. The summed E-state index contributed by atoms with van der Waals surface area (Å²) in [6.07, 6.45) is 0. The molecule has 0 bridgehead atoms. The van der Waals surface area contributed by atoms with Crippen LogP contribution in [0.25, 0.3) is 0 Å². The smallest absolute Gasteiger partial charge is 0.335 e. The first-order chi connectivity index (χ1) is 4.30. The van der Waals surface area contributed by atoms with Crippen LogP contribution in [0.4, 0.5) is 0 Å². The molecule has 0 spiro atoms. The van der Waals surface area contributed by atoms with Crippen molar-refractivity contribution in [1.29, 1.82) is 0 Å². The minimum Gasteiger partial charge on any atom is -0.478 e. The third-order valence-electron chi connectivity index (χ3n) is 1.02. The van der Waals surface area contributed by atoms with Gasteiger partial charge in [-0.25, -0.2) is 4.79 Å². The summed E-state index contributed by atoms with van der Waals surface area (Å²) in [5.74, 6) is -0.879. The standard InChI is InChI=1S/C7H6O2.Tl/c8-7(9)6-4-2-1-3-5-6;/h1-5H,(H,8,9);. The molecule has 1 radical (unpaired) electrons. The van der Waals surface area contributed by atoms with Crippen LogP contribution in [0, 0.1) is 0 Å². The second-order valence-electron chi connectivity index (χ2n) is 1.67. The molecule has 0 aliphatic rings. The minimum absolute atomic E-state index is 0. The minimum atomic E-state index is -0.879. The summed E-state index contributed by atoms with van der Waals surface area (Å²) in [5, 5.41) is 8.38. The maximum Gasteiger partial charge on any atom is 0.335 e. The third kappa shape index (κ3) is 2.47. The number of rotatable bonds is 1. The molecule has 49 valence electrons.